The molecule has 0 spiro atoms. The molecule has 0 aromatic carbocycles. The molecule has 1 heterocycles. The van der Waals surface area contributed by atoms with Gasteiger partial charge in [-0.2, -0.15) is 0 Å². The van der Waals surface area contributed by atoms with Crippen LogP contribution in [0.1, 0.15) is 40.0 Å². The lowest BCUT2D eigenvalue weighted by Crippen LogP contribution is -2.49. The van der Waals surface area contributed by atoms with Gasteiger partial charge in [0.1, 0.15) is 0 Å². The molecule has 2 fully saturated rings. The summed E-state index contributed by atoms with van der Waals surface area (Å²) in [6.07, 6.45) is 2.47. The highest BCUT2D eigenvalue weighted by Crippen LogP contribution is 2.43. The molecule has 0 amide bonds. The minimum atomic E-state index is -0.762. The summed E-state index contributed by atoms with van der Waals surface area (Å²) in [7, 11) is 0. The first-order valence-corrected chi connectivity index (χ1v) is 6.95. The van der Waals surface area contributed by atoms with Crippen LogP contribution in [0.5, 0.6) is 0 Å². The summed E-state index contributed by atoms with van der Waals surface area (Å²) in [5.41, 5.74) is 0.421. The van der Waals surface area contributed by atoms with Gasteiger partial charge < -0.3 is 9.84 Å². The highest BCUT2D eigenvalue weighted by molar-refractivity contribution is 5.67. The SMILES string of the molecule is CC1CC(C)(C)CC1N1CCOC(CC(=O)O)C1. The van der Waals surface area contributed by atoms with Crippen LogP contribution in [0.3, 0.4) is 0 Å². The normalized spacial score (nSPS) is 36.7. The largest absolute Gasteiger partial charge is 0.481 e. The third-order valence-corrected chi connectivity index (χ3v) is 4.33. The lowest BCUT2D eigenvalue weighted by Gasteiger charge is -2.38. The number of rotatable bonds is 3. The van der Waals surface area contributed by atoms with Crippen molar-refractivity contribution >= 4 is 5.97 Å². The summed E-state index contributed by atoms with van der Waals surface area (Å²) in [6.45, 7) is 9.37. The van der Waals surface area contributed by atoms with Crippen molar-refractivity contribution in [1.82, 2.24) is 4.90 Å². The molecule has 0 aromatic heterocycles. The van der Waals surface area contributed by atoms with E-state index in [4.69, 9.17) is 9.84 Å². The Balaban J connectivity index is 1.94. The van der Waals surface area contributed by atoms with Gasteiger partial charge in [0.25, 0.3) is 0 Å². The second-order valence-electron chi connectivity index (χ2n) is 6.70. The minimum Gasteiger partial charge on any atom is -0.481 e. The molecule has 1 aliphatic carbocycles. The van der Waals surface area contributed by atoms with Crippen molar-refractivity contribution in [3.63, 3.8) is 0 Å². The molecule has 0 radical (unpaired) electrons. The molecular formula is C14H25NO3. The summed E-state index contributed by atoms with van der Waals surface area (Å²) in [6, 6.07) is 0.597. The molecule has 0 bridgehead atoms. The van der Waals surface area contributed by atoms with E-state index in [2.05, 4.69) is 25.7 Å². The Morgan fingerprint density at radius 2 is 2.17 bits per heavy atom. The first-order valence-electron chi connectivity index (χ1n) is 6.95. The molecule has 2 aliphatic rings. The summed E-state index contributed by atoms with van der Waals surface area (Å²) in [5.74, 6) is -0.0646. The van der Waals surface area contributed by atoms with E-state index in [1.165, 1.54) is 12.8 Å². The predicted octanol–water partition coefficient (Wildman–Crippen LogP) is 1.99. The molecule has 0 aromatic rings. The van der Waals surface area contributed by atoms with Crippen molar-refractivity contribution in [3.05, 3.63) is 0 Å². The summed E-state index contributed by atoms with van der Waals surface area (Å²) >= 11 is 0. The van der Waals surface area contributed by atoms with E-state index in [1.54, 1.807) is 0 Å². The summed E-state index contributed by atoms with van der Waals surface area (Å²) in [5, 5.41) is 8.85. The van der Waals surface area contributed by atoms with Crippen LogP contribution in [-0.2, 0) is 9.53 Å². The van der Waals surface area contributed by atoms with E-state index >= 15 is 0 Å². The van der Waals surface area contributed by atoms with E-state index in [0.29, 0.717) is 24.0 Å². The van der Waals surface area contributed by atoms with E-state index in [9.17, 15) is 4.79 Å². The smallest absolute Gasteiger partial charge is 0.306 e. The Morgan fingerprint density at radius 1 is 1.44 bits per heavy atom. The van der Waals surface area contributed by atoms with Gasteiger partial charge in [0.15, 0.2) is 0 Å². The Bertz CT molecular complexity index is 316. The second-order valence-corrected chi connectivity index (χ2v) is 6.70. The zero-order chi connectivity index (χ0) is 13.3. The van der Waals surface area contributed by atoms with Gasteiger partial charge in [0, 0.05) is 19.1 Å². The lowest BCUT2D eigenvalue weighted by atomic mass is 9.91. The molecule has 1 N–H and O–H groups in total. The van der Waals surface area contributed by atoms with Crippen LogP contribution >= 0.6 is 0 Å². The van der Waals surface area contributed by atoms with E-state index in [-0.39, 0.29) is 12.5 Å². The van der Waals surface area contributed by atoms with Gasteiger partial charge in [-0.05, 0) is 24.2 Å². The van der Waals surface area contributed by atoms with Gasteiger partial charge in [-0.1, -0.05) is 20.8 Å². The number of aliphatic carboxylic acids is 1. The number of ether oxygens (including phenoxy) is 1. The minimum absolute atomic E-state index is 0.126. The molecule has 104 valence electrons. The van der Waals surface area contributed by atoms with Crippen LogP contribution in [0.4, 0.5) is 0 Å². The quantitative estimate of drug-likeness (QED) is 0.838. The maximum absolute atomic E-state index is 10.8. The topological polar surface area (TPSA) is 49.8 Å². The Kier molecular flexibility index (Phi) is 3.97. The highest BCUT2D eigenvalue weighted by atomic mass is 16.5. The van der Waals surface area contributed by atoms with Crippen molar-refractivity contribution in [2.75, 3.05) is 19.7 Å². The number of carboxylic acid groups (broad SMARTS) is 1. The average Bonchev–Trinajstić information content (AvgIpc) is 2.51. The van der Waals surface area contributed by atoms with Gasteiger partial charge >= 0.3 is 5.97 Å². The van der Waals surface area contributed by atoms with Gasteiger partial charge in [0.05, 0.1) is 19.1 Å². The fourth-order valence-corrected chi connectivity index (χ4v) is 3.71. The molecule has 1 saturated heterocycles. The number of morpholine rings is 1. The third kappa shape index (κ3) is 3.23. The average molecular weight is 255 g/mol. The summed E-state index contributed by atoms with van der Waals surface area (Å²) in [4.78, 5) is 13.2. The van der Waals surface area contributed by atoms with Crippen LogP contribution < -0.4 is 0 Å². The number of hydrogen-bond acceptors (Lipinski definition) is 3. The van der Waals surface area contributed by atoms with E-state index in [0.717, 1.165) is 13.1 Å². The molecule has 2 rings (SSSR count). The molecular weight excluding hydrogens is 230 g/mol. The monoisotopic (exact) mass is 255 g/mol. The maximum Gasteiger partial charge on any atom is 0.306 e. The van der Waals surface area contributed by atoms with Crippen molar-refractivity contribution in [2.24, 2.45) is 11.3 Å². The molecule has 3 atom stereocenters. The van der Waals surface area contributed by atoms with Crippen molar-refractivity contribution in [3.8, 4) is 0 Å². The number of hydrogen-bond donors (Lipinski definition) is 1. The second kappa shape index (κ2) is 5.17. The Morgan fingerprint density at radius 3 is 2.72 bits per heavy atom. The van der Waals surface area contributed by atoms with Gasteiger partial charge in [-0.3, -0.25) is 9.69 Å². The first-order chi connectivity index (χ1) is 8.37. The van der Waals surface area contributed by atoms with Gasteiger partial charge in [0.2, 0.25) is 0 Å². The van der Waals surface area contributed by atoms with E-state index < -0.39 is 5.97 Å². The first kappa shape index (κ1) is 13.8. The summed E-state index contributed by atoms with van der Waals surface area (Å²) < 4.78 is 5.54. The lowest BCUT2D eigenvalue weighted by molar-refractivity contribution is -0.142. The number of nitrogens with zero attached hydrogens (tertiary/aromatic N) is 1. The molecule has 3 unspecified atom stereocenters. The number of carbonyl (C=O) groups is 1. The zero-order valence-electron chi connectivity index (χ0n) is 11.7. The Hall–Kier alpha value is -0.610. The standard InChI is InChI=1S/C14H25NO3/c1-10-7-14(2,3)8-12(10)15-4-5-18-11(9-15)6-13(16)17/h10-12H,4-9H2,1-3H3,(H,16,17). The fraction of sp³-hybridized carbons (Fsp3) is 0.929. The van der Waals surface area contributed by atoms with Crippen molar-refractivity contribution in [1.29, 1.82) is 0 Å². The van der Waals surface area contributed by atoms with Crippen LogP contribution in [-0.4, -0.2) is 47.8 Å². The number of carboxylic acids is 1. The predicted molar refractivity (Wildman–Crippen MR) is 69.5 cm³/mol. The third-order valence-electron chi connectivity index (χ3n) is 4.33. The molecule has 4 nitrogen and oxygen atoms in total. The fourth-order valence-electron chi connectivity index (χ4n) is 3.71. The maximum atomic E-state index is 10.8. The molecule has 18 heavy (non-hydrogen) atoms. The zero-order valence-corrected chi connectivity index (χ0v) is 11.7. The van der Waals surface area contributed by atoms with Crippen LogP contribution in [0.2, 0.25) is 0 Å². The van der Waals surface area contributed by atoms with Crippen LogP contribution in [0, 0.1) is 11.3 Å². The van der Waals surface area contributed by atoms with Gasteiger partial charge in [-0.15, -0.1) is 0 Å². The van der Waals surface area contributed by atoms with Crippen molar-refractivity contribution in [2.45, 2.75) is 52.2 Å². The van der Waals surface area contributed by atoms with E-state index in [1.807, 2.05) is 0 Å². The van der Waals surface area contributed by atoms with Gasteiger partial charge in [-0.25, -0.2) is 0 Å². The molecule has 4 heteroatoms. The van der Waals surface area contributed by atoms with Crippen LogP contribution in [0.25, 0.3) is 0 Å². The van der Waals surface area contributed by atoms with Crippen molar-refractivity contribution < 1.29 is 14.6 Å². The molecule has 1 saturated carbocycles. The molecule has 1 aliphatic heterocycles. The Labute approximate surface area is 109 Å². The van der Waals surface area contributed by atoms with Crippen LogP contribution in [0.15, 0.2) is 0 Å². The highest BCUT2D eigenvalue weighted by Gasteiger charge is 2.41.